The first-order valence-electron chi connectivity index (χ1n) is 9.10. The molecule has 1 aromatic carbocycles. The van der Waals surface area contributed by atoms with Crippen molar-refractivity contribution in [1.82, 2.24) is 15.1 Å². The summed E-state index contributed by atoms with van der Waals surface area (Å²) in [6, 6.07) is 6.67. The fourth-order valence-corrected chi connectivity index (χ4v) is 5.43. The predicted molar refractivity (Wildman–Crippen MR) is 104 cm³/mol. The van der Waals surface area contributed by atoms with Crippen LogP contribution in [-0.2, 0) is 14.6 Å². The second-order valence-electron chi connectivity index (χ2n) is 6.99. The van der Waals surface area contributed by atoms with Gasteiger partial charge in [0.05, 0.1) is 11.5 Å². The first-order chi connectivity index (χ1) is 12.8. The van der Waals surface area contributed by atoms with Crippen LogP contribution in [0.3, 0.4) is 0 Å². The minimum Gasteiger partial charge on any atom is -0.352 e. The van der Waals surface area contributed by atoms with Crippen molar-refractivity contribution < 1.29 is 18.0 Å². The van der Waals surface area contributed by atoms with Gasteiger partial charge in [0.1, 0.15) is 0 Å². The van der Waals surface area contributed by atoms with Gasteiger partial charge < -0.3 is 10.2 Å². The number of sulfone groups is 1. The summed E-state index contributed by atoms with van der Waals surface area (Å²) >= 11 is 5.80. The molecule has 1 N–H and O–H groups in total. The van der Waals surface area contributed by atoms with E-state index in [9.17, 15) is 18.0 Å². The van der Waals surface area contributed by atoms with Gasteiger partial charge in [0.25, 0.3) is 5.91 Å². The maximum atomic E-state index is 12.3. The zero-order valence-electron chi connectivity index (χ0n) is 15.1. The van der Waals surface area contributed by atoms with Crippen LogP contribution >= 0.6 is 11.6 Å². The Morgan fingerprint density at radius 2 is 1.78 bits per heavy atom. The Kier molecular flexibility index (Phi) is 6.39. The first kappa shape index (κ1) is 20.1. The van der Waals surface area contributed by atoms with Crippen LogP contribution in [-0.4, -0.2) is 80.3 Å². The third-order valence-electron chi connectivity index (χ3n) is 5.12. The molecule has 0 spiro atoms. The van der Waals surface area contributed by atoms with Crippen molar-refractivity contribution >= 4 is 33.3 Å². The van der Waals surface area contributed by atoms with Gasteiger partial charge in [0.15, 0.2) is 9.84 Å². The van der Waals surface area contributed by atoms with Crippen molar-refractivity contribution in [2.45, 2.75) is 18.9 Å². The number of benzene rings is 1. The smallest absolute Gasteiger partial charge is 0.251 e. The van der Waals surface area contributed by atoms with E-state index >= 15 is 0 Å². The summed E-state index contributed by atoms with van der Waals surface area (Å²) in [6.07, 6.45) is 0.935. The predicted octanol–water partition coefficient (Wildman–Crippen LogP) is 0.791. The molecular weight excluding hydrogens is 390 g/mol. The summed E-state index contributed by atoms with van der Waals surface area (Å²) in [5, 5.41) is 3.31. The summed E-state index contributed by atoms with van der Waals surface area (Å²) in [5.74, 6) is 0.277. The molecule has 2 amide bonds. The number of amides is 2. The second-order valence-corrected chi connectivity index (χ2v) is 9.65. The molecule has 0 bridgehead atoms. The van der Waals surface area contributed by atoms with Crippen molar-refractivity contribution in [3.8, 4) is 0 Å². The summed E-state index contributed by atoms with van der Waals surface area (Å²) < 4.78 is 23.2. The van der Waals surface area contributed by atoms with E-state index in [0.29, 0.717) is 43.2 Å². The number of nitrogens with zero attached hydrogens (tertiary/aromatic N) is 2. The zero-order valence-corrected chi connectivity index (χ0v) is 16.6. The molecule has 9 heteroatoms. The molecule has 1 aromatic rings. The highest BCUT2D eigenvalue weighted by Crippen LogP contribution is 2.19. The van der Waals surface area contributed by atoms with E-state index in [1.807, 2.05) is 0 Å². The lowest BCUT2D eigenvalue weighted by Gasteiger charge is -2.37. The van der Waals surface area contributed by atoms with Gasteiger partial charge in [-0.1, -0.05) is 11.6 Å². The number of halogens is 1. The standard InChI is InChI=1S/C18H24ClN3O4S/c19-15-3-1-14(2-4-15)18(24)20-7-5-17(23)22-10-8-21(9-11-22)16-6-12-27(25,26)13-16/h1-4,16H,5-13H2,(H,20,24)/t16-/m1/s1. The summed E-state index contributed by atoms with van der Waals surface area (Å²) in [7, 11) is -2.89. The third kappa shape index (κ3) is 5.43. The van der Waals surface area contributed by atoms with Crippen LogP contribution in [0.5, 0.6) is 0 Å². The lowest BCUT2D eigenvalue weighted by atomic mass is 10.2. The quantitative estimate of drug-likeness (QED) is 0.771. The van der Waals surface area contributed by atoms with E-state index < -0.39 is 9.84 Å². The van der Waals surface area contributed by atoms with Crippen molar-refractivity contribution in [3.05, 3.63) is 34.9 Å². The van der Waals surface area contributed by atoms with Crippen LogP contribution in [0, 0.1) is 0 Å². The number of rotatable bonds is 5. The van der Waals surface area contributed by atoms with Crippen LogP contribution < -0.4 is 5.32 Å². The molecule has 2 saturated heterocycles. The van der Waals surface area contributed by atoms with Crippen LogP contribution in [0.25, 0.3) is 0 Å². The second kappa shape index (κ2) is 8.58. The average molecular weight is 414 g/mol. The normalized spacial score (nSPS) is 22.6. The van der Waals surface area contributed by atoms with E-state index in [4.69, 9.17) is 11.6 Å². The largest absolute Gasteiger partial charge is 0.352 e. The topological polar surface area (TPSA) is 86.8 Å². The van der Waals surface area contributed by atoms with E-state index in [2.05, 4.69) is 10.2 Å². The molecule has 3 rings (SSSR count). The van der Waals surface area contributed by atoms with Gasteiger partial charge in [-0.3, -0.25) is 14.5 Å². The summed E-state index contributed by atoms with van der Waals surface area (Å²) in [5.41, 5.74) is 0.506. The highest BCUT2D eigenvalue weighted by Gasteiger charge is 2.34. The van der Waals surface area contributed by atoms with Crippen molar-refractivity contribution in [3.63, 3.8) is 0 Å². The van der Waals surface area contributed by atoms with E-state index in [-0.39, 0.29) is 42.3 Å². The molecule has 2 heterocycles. The van der Waals surface area contributed by atoms with E-state index in [0.717, 1.165) is 0 Å². The number of hydrogen-bond acceptors (Lipinski definition) is 5. The SMILES string of the molecule is O=C(NCCC(=O)N1CCN([C@@H]2CCS(=O)(=O)C2)CC1)c1ccc(Cl)cc1. The summed E-state index contributed by atoms with van der Waals surface area (Å²) in [4.78, 5) is 28.3. The summed E-state index contributed by atoms with van der Waals surface area (Å²) in [6.45, 7) is 2.87. The molecule has 27 heavy (non-hydrogen) atoms. The van der Waals surface area contributed by atoms with Gasteiger partial charge in [-0.2, -0.15) is 0 Å². The molecule has 0 aliphatic carbocycles. The van der Waals surface area contributed by atoms with Crippen molar-refractivity contribution in [2.75, 3.05) is 44.2 Å². The van der Waals surface area contributed by atoms with Crippen LogP contribution in [0.2, 0.25) is 5.02 Å². The lowest BCUT2D eigenvalue weighted by molar-refractivity contribution is -0.133. The molecule has 7 nitrogen and oxygen atoms in total. The van der Waals surface area contributed by atoms with Crippen LogP contribution in [0.1, 0.15) is 23.2 Å². The first-order valence-corrected chi connectivity index (χ1v) is 11.3. The zero-order chi connectivity index (χ0) is 19.4. The van der Waals surface area contributed by atoms with Gasteiger partial charge in [0, 0.05) is 55.8 Å². The van der Waals surface area contributed by atoms with Gasteiger partial charge in [-0.25, -0.2) is 8.42 Å². The molecular formula is C18H24ClN3O4S. The Balaban J connectivity index is 1.38. The Hall–Kier alpha value is -1.64. The molecule has 0 unspecified atom stereocenters. The molecule has 2 aliphatic rings. The van der Waals surface area contributed by atoms with E-state index in [1.165, 1.54) is 0 Å². The fraction of sp³-hybridized carbons (Fsp3) is 0.556. The number of nitrogens with one attached hydrogen (secondary N) is 1. The molecule has 0 radical (unpaired) electrons. The Labute approximate surface area is 164 Å². The number of carbonyl (C=O) groups is 2. The highest BCUT2D eigenvalue weighted by molar-refractivity contribution is 7.91. The number of carbonyl (C=O) groups excluding carboxylic acids is 2. The van der Waals surface area contributed by atoms with Gasteiger partial charge in [-0.05, 0) is 30.7 Å². The van der Waals surface area contributed by atoms with Crippen LogP contribution in [0.4, 0.5) is 0 Å². The van der Waals surface area contributed by atoms with Crippen molar-refractivity contribution in [2.24, 2.45) is 0 Å². The van der Waals surface area contributed by atoms with E-state index in [1.54, 1.807) is 29.2 Å². The van der Waals surface area contributed by atoms with Crippen molar-refractivity contribution in [1.29, 1.82) is 0 Å². The van der Waals surface area contributed by atoms with Gasteiger partial charge in [0.2, 0.25) is 5.91 Å². The molecule has 1 atom stereocenters. The Bertz CT molecular complexity index is 789. The molecule has 2 aliphatic heterocycles. The monoisotopic (exact) mass is 413 g/mol. The molecule has 2 fully saturated rings. The highest BCUT2D eigenvalue weighted by atomic mass is 35.5. The molecule has 0 saturated carbocycles. The third-order valence-corrected chi connectivity index (χ3v) is 7.12. The molecule has 148 valence electrons. The minimum atomic E-state index is -2.89. The van der Waals surface area contributed by atoms with Gasteiger partial charge in [-0.15, -0.1) is 0 Å². The fourth-order valence-electron chi connectivity index (χ4n) is 3.54. The maximum Gasteiger partial charge on any atom is 0.251 e. The number of piperazine rings is 1. The minimum absolute atomic E-state index is 0.00472. The number of hydrogen-bond donors (Lipinski definition) is 1. The lowest BCUT2D eigenvalue weighted by Crippen LogP contribution is -2.52. The van der Waals surface area contributed by atoms with Crippen LogP contribution in [0.15, 0.2) is 24.3 Å². The Morgan fingerprint density at radius 3 is 2.37 bits per heavy atom. The van der Waals surface area contributed by atoms with Gasteiger partial charge >= 0.3 is 0 Å². The Morgan fingerprint density at radius 1 is 1.11 bits per heavy atom. The molecule has 0 aromatic heterocycles. The maximum absolute atomic E-state index is 12.3. The average Bonchev–Trinajstić information content (AvgIpc) is 3.02.